The summed E-state index contributed by atoms with van der Waals surface area (Å²) in [4.78, 5) is 0. The first-order valence-electron chi connectivity index (χ1n) is 0. The molecule has 0 fully saturated rings. The molecule has 0 aromatic heterocycles. The molecule has 0 aliphatic heterocycles. The number of rotatable bonds is 0. The molecule has 0 aromatic carbocycles. The average Bonchev–Trinajstić information content (AvgIpc) is 0. The van der Waals surface area contributed by atoms with Gasteiger partial charge in [0.15, 0.2) is 0 Å². The number of hydrogen-bond acceptors (Lipinski definition) is 0. The largest absolute Gasteiger partial charge is 1.00 e. The minimum absolute atomic E-state index is 0. The predicted octanol–water partition coefficient (Wildman–Crippen LogP) is -15.4. The van der Waals surface area contributed by atoms with Crippen molar-refractivity contribution in [1.82, 2.24) is 0 Å². The van der Waals surface area contributed by atoms with Crippen LogP contribution in [0.25, 0.3) is 0 Å². The Balaban J connectivity index is 0. The normalized spacial score (nSPS) is 0. The Bertz CT molecular complexity index is 3.90. The van der Waals surface area contributed by atoms with Gasteiger partial charge in [-0.15, -0.1) is 0 Å². The number of halogens is 5. The predicted molar refractivity (Wildman–Crippen MR) is 5.75 cm³/mol. The molecule has 0 rings (SSSR count). The summed E-state index contributed by atoms with van der Waals surface area (Å²) in [7, 11) is 0. The average molecular weight is 304 g/mol. The molecule has 0 heterocycles. The van der Waals surface area contributed by atoms with Gasteiger partial charge >= 0.3 is 0 Å². The van der Waals surface area contributed by atoms with E-state index in [9.17, 15) is 0 Å². The SMILES string of the molecule is [Bi].[F-].[F-].[F-].[F-].[F-]. The Morgan fingerprint density at radius 2 is 0.333 bits per heavy atom. The van der Waals surface area contributed by atoms with Gasteiger partial charge in [-0.25, -0.2) is 0 Å². The number of hydrogen-bond donors (Lipinski definition) is 0. The summed E-state index contributed by atoms with van der Waals surface area (Å²) in [6, 6.07) is 0. The van der Waals surface area contributed by atoms with E-state index in [1.165, 1.54) is 0 Å². The van der Waals surface area contributed by atoms with Crippen LogP contribution in [0.15, 0.2) is 0 Å². The van der Waals surface area contributed by atoms with Crippen LogP contribution < -0.4 is 23.5 Å². The van der Waals surface area contributed by atoms with Crippen molar-refractivity contribution in [1.29, 1.82) is 0 Å². The monoisotopic (exact) mass is 304 g/mol. The van der Waals surface area contributed by atoms with Gasteiger partial charge in [-0.05, 0) is 0 Å². The first-order chi connectivity index (χ1) is 0. The summed E-state index contributed by atoms with van der Waals surface area (Å²) in [5.41, 5.74) is 0. The third-order valence-electron chi connectivity index (χ3n) is 0. The van der Waals surface area contributed by atoms with Crippen molar-refractivity contribution in [3.05, 3.63) is 0 Å². The fourth-order valence-electron chi connectivity index (χ4n) is 0. The van der Waals surface area contributed by atoms with Crippen molar-refractivity contribution < 1.29 is 23.5 Å². The van der Waals surface area contributed by atoms with Crippen molar-refractivity contribution in [2.75, 3.05) is 0 Å². The second-order valence-electron chi connectivity index (χ2n) is 0. The second-order valence-corrected chi connectivity index (χ2v) is 0. The first-order valence-corrected chi connectivity index (χ1v) is 0. The molecule has 0 amide bonds. The quantitative estimate of drug-likeness (QED) is 0.308. The molecule has 0 aliphatic carbocycles. The Morgan fingerprint density at radius 1 is 0.333 bits per heavy atom. The molecule has 6 heteroatoms. The van der Waals surface area contributed by atoms with Crippen molar-refractivity contribution in [2.24, 2.45) is 0 Å². The van der Waals surface area contributed by atoms with Gasteiger partial charge in [-0.3, -0.25) is 0 Å². The van der Waals surface area contributed by atoms with Crippen LogP contribution in [0.3, 0.4) is 0 Å². The van der Waals surface area contributed by atoms with E-state index in [1.54, 1.807) is 0 Å². The summed E-state index contributed by atoms with van der Waals surface area (Å²) in [5, 5.41) is 0. The summed E-state index contributed by atoms with van der Waals surface area (Å²) in [6.07, 6.45) is 0. The molecule has 0 N–H and O–H groups in total. The minimum atomic E-state index is 0. The van der Waals surface area contributed by atoms with Gasteiger partial charge in [-0.1, -0.05) is 0 Å². The van der Waals surface area contributed by atoms with Crippen LogP contribution in [0.4, 0.5) is 0 Å². The molecule has 0 nitrogen and oxygen atoms in total. The fourth-order valence-corrected chi connectivity index (χ4v) is 0. The van der Waals surface area contributed by atoms with Crippen molar-refractivity contribution in [3.63, 3.8) is 0 Å². The zero-order valence-corrected chi connectivity index (χ0v) is 5.81. The zero-order valence-electron chi connectivity index (χ0n) is 2.34. The van der Waals surface area contributed by atoms with Crippen LogP contribution in [-0.4, -0.2) is 26.2 Å². The maximum Gasteiger partial charge on any atom is 0 e. The second kappa shape index (κ2) is 400. The van der Waals surface area contributed by atoms with E-state index in [2.05, 4.69) is 0 Å². The molecule has 0 aliphatic rings. The van der Waals surface area contributed by atoms with E-state index < -0.39 is 0 Å². The standard InChI is InChI=1S/Bi.5FH/h;5*1H/p-5. The molecule has 0 aromatic rings. The van der Waals surface area contributed by atoms with Crippen LogP contribution in [-0.2, 0) is 0 Å². The van der Waals surface area contributed by atoms with E-state index in [4.69, 9.17) is 0 Å². The van der Waals surface area contributed by atoms with Crippen molar-refractivity contribution in [3.8, 4) is 0 Å². The topological polar surface area (TPSA) is 0 Å². The third kappa shape index (κ3) is 199. The molecule has 0 bridgehead atoms. The van der Waals surface area contributed by atoms with E-state index in [0.29, 0.717) is 0 Å². The molecule has 6 heavy (non-hydrogen) atoms. The molecule has 0 atom stereocenters. The maximum absolute atomic E-state index is 0. The Kier molecular flexibility index (Phi) is 46900. The van der Waals surface area contributed by atoms with Crippen molar-refractivity contribution >= 4 is 26.2 Å². The maximum atomic E-state index is 0. The van der Waals surface area contributed by atoms with E-state index in [1.807, 2.05) is 0 Å². The van der Waals surface area contributed by atoms with Gasteiger partial charge in [0.05, 0.1) is 0 Å². The van der Waals surface area contributed by atoms with E-state index in [-0.39, 0.29) is 49.7 Å². The molecule has 0 saturated carbocycles. The van der Waals surface area contributed by atoms with Gasteiger partial charge in [0.25, 0.3) is 0 Å². The zero-order chi connectivity index (χ0) is 0. The molecule has 0 spiro atoms. The molecular formula is BiF5-5. The summed E-state index contributed by atoms with van der Waals surface area (Å²) >= 11 is 0. The summed E-state index contributed by atoms with van der Waals surface area (Å²) in [6.45, 7) is 0. The van der Waals surface area contributed by atoms with Crippen LogP contribution in [0.1, 0.15) is 0 Å². The summed E-state index contributed by atoms with van der Waals surface area (Å²) in [5.74, 6) is 0. The molecule has 0 saturated heterocycles. The Morgan fingerprint density at radius 3 is 0.333 bits per heavy atom. The van der Waals surface area contributed by atoms with E-state index in [0.717, 1.165) is 0 Å². The van der Waals surface area contributed by atoms with Crippen molar-refractivity contribution in [2.45, 2.75) is 0 Å². The van der Waals surface area contributed by atoms with Gasteiger partial charge in [0.1, 0.15) is 0 Å². The van der Waals surface area contributed by atoms with Gasteiger partial charge in [-0.2, -0.15) is 0 Å². The minimum Gasteiger partial charge on any atom is -1.00 e. The van der Waals surface area contributed by atoms with Crippen LogP contribution >= 0.6 is 0 Å². The molecule has 0 unspecified atom stereocenters. The van der Waals surface area contributed by atoms with Gasteiger partial charge < -0.3 is 23.5 Å². The van der Waals surface area contributed by atoms with Gasteiger partial charge in [0, 0.05) is 26.2 Å². The molecular weight excluding hydrogens is 304 g/mol. The molecule has 45 valence electrons. The fraction of sp³-hybridized carbons (Fsp3) is 0. The smallest absolute Gasteiger partial charge is 0 e. The summed E-state index contributed by atoms with van der Waals surface area (Å²) < 4.78 is 0. The van der Waals surface area contributed by atoms with Crippen LogP contribution in [0.5, 0.6) is 0 Å². The van der Waals surface area contributed by atoms with E-state index >= 15 is 0 Å². The van der Waals surface area contributed by atoms with Gasteiger partial charge in [0.2, 0.25) is 0 Å². The van der Waals surface area contributed by atoms with Crippen LogP contribution in [0, 0.1) is 0 Å². The van der Waals surface area contributed by atoms with Crippen LogP contribution in [0.2, 0.25) is 0 Å². The Labute approximate surface area is 50.3 Å². The third-order valence-corrected chi connectivity index (χ3v) is 0. The Hall–Kier alpha value is 0.533. The first kappa shape index (κ1) is 704. The molecule has 3 radical (unpaired) electrons.